The van der Waals surface area contributed by atoms with Crippen molar-refractivity contribution in [3.8, 4) is 11.3 Å². The van der Waals surface area contributed by atoms with Crippen LogP contribution in [0.5, 0.6) is 0 Å². The molecular weight excluding hydrogens is 230 g/mol. The molecule has 1 aromatic carbocycles. The van der Waals surface area contributed by atoms with Gasteiger partial charge in [-0.2, -0.15) is 0 Å². The van der Waals surface area contributed by atoms with Gasteiger partial charge < -0.3 is 10.1 Å². The van der Waals surface area contributed by atoms with Crippen molar-refractivity contribution in [1.82, 2.24) is 15.0 Å². The fourth-order valence-corrected chi connectivity index (χ4v) is 1.82. The van der Waals surface area contributed by atoms with Crippen LogP contribution in [0.2, 0.25) is 0 Å². The van der Waals surface area contributed by atoms with Crippen LogP contribution in [-0.2, 0) is 0 Å². The molecule has 3 aromatic rings. The molecule has 3 rings (SSSR count). The van der Waals surface area contributed by atoms with Gasteiger partial charge in [0, 0.05) is 17.3 Å². The Morgan fingerprint density at radius 1 is 1.22 bits per heavy atom. The summed E-state index contributed by atoms with van der Waals surface area (Å²) in [5.41, 5.74) is 2.84. The van der Waals surface area contributed by atoms with Gasteiger partial charge in [0.15, 0.2) is 0 Å². The van der Waals surface area contributed by atoms with Gasteiger partial charge in [-0.05, 0) is 23.8 Å². The Morgan fingerprint density at radius 3 is 2.67 bits per heavy atom. The standard InChI is InChI=1S/C13H9N3O2/c17-13(18)9-3-1-8(2-4-9)11-5-10-6-14-7-15-12(10)16-11/h1-7H,(H,17,18)(H,14,15,16). The van der Waals surface area contributed by atoms with Gasteiger partial charge in [-0.1, -0.05) is 12.1 Å². The second-order valence-electron chi connectivity index (χ2n) is 3.89. The molecule has 2 N–H and O–H groups in total. The smallest absolute Gasteiger partial charge is 0.335 e. The molecule has 5 nitrogen and oxygen atoms in total. The second-order valence-corrected chi connectivity index (χ2v) is 3.89. The molecule has 0 saturated carbocycles. The molecule has 0 saturated heterocycles. The first-order valence-electron chi connectivity index (χ1n) is 5.36. The van der Waals surface area contributed by atoms with E-state index < -0.39 is 5.97 Å². The summed E-state index contributed by atoms with van der Waals surface area (Å²) in [6, 6.07) is 8.62. The van der Waals surface area contributed by atoms with Crippen molar-refractivity contribution in [3.63, 3.8) is 0 Å². The number of nitrogens with one attached hydrogen (secondary N) is 1. The molecule has 2 heterocycles. The molecule has 0 aliphatic heterocycles. The maximum Gasteiger partial charge on any atom is 0.335 e. The fraction of sp³-hybridized carbons (Fsp3) is 0. The number of benzene rings is 1. The summed E-state index contributed by atoms with van der Waals surface area (Å²) < 4.78 is 0. The number of H-pyrrole nitrogens is 1. The van der Waals surface area contributed by atoms with Gasteiger partial charge in [0.25, 0.3) is 0 Å². The predicted octanol–water partition coefficient (Wildman–Crippen LogP) is 2.32. The zero-order valence-electron chi connectivity index (χ0n) is 9.29. The Morgan fingerprint density at radius 2 is 2.00 bits per heavy atom. The minimum atomic E-state index is -0.927. The van der Waals surface area contributed by atoms with Crippen molar-refractivity contribution >= 4 is 17.0 Å². The van der Waals surface area contributed by atoms with E-state index in [-0.39, 0.29) is 5.56 Å². The van der Waals surface area contributed by atoms with Gasteiger partial charge >= 0.3 is 5.97 Å². The first-order chi connectivity index (χ1) is 8.74. The van der Waals surface area contributed by atoms with Crippen LogP contribution in [0.25, 0.3) is 22.3 Å². The van der Waals surface area contributed by atoms with Crippen molar-refractivity contribution in [2.45, 2.75) is 0 Å². The third kappa shape index (κ3) is 1.71. The molecule has 0 bridgehead atoms. The predicted molar refractivity (Wildman–Crippen MR) is 66.3 cm³/mol. The Kier molecular flexibility index (Phi) is 2.30. The second kappa shape index (κ2) is 3.96. The molecule has 0 fully saturated rings. The average molecular weight is 239 g/mol. The number of aromatic carboxylic acids is 1. The van der Waals surface area contributed by atoms with Crippen molar-refractivity contribution in [1.29, 1.82) is 0 Å². The highest BCUT2D eigenvalue weighted by Gasteiger charge is 2.06. The van der Waals surface area contributed by atoms with E-state index in [1.165, 1.54) is 6.33 Å². The largest absolute Gasteiger partial charge is 0.478 e. The Hall–Kier alpha value is -2.69. The van der Waals surface area contributed by atoms with E-state index in [4.69, 9.17) is 5.11 Å². The normalized spacial score (nSPS) is 10.7. The number of carboxylic acids is 1. The number of rotatable bonds is 2. The fourth-order valence-electron chi connectivity index (χ4n) is 1.82. The van der Waals surface area contributed by atoms with Gasteiger partial charge in [0.05, 0.1) is 5.56 Å². The molecule has 0 aliphatic carbocycles. The topological polar surface area (TPSA) is 78.9 Å². The van der Waals surface area contributed by atoms with Gasteiger partial charge in [0.1, 0.15) is 12.0 Å². The number of fused-ring (bicyclic) bond motifs is 1. The van der Waals surface area contributed by atoms with Crippen LogP contribution in [0.4, 0.5) is 0 Å². The van der Waals surface area contributed by atoms with Gasteiger partial charge in [-0.15, -0.1) is 0 Å². The van der Waals surface area contributed by atoms with Gasteiger partial charge in [-0.3, -0.25) is 0 Å². The van der Waals surface area contributed by atoms with Crippen molar-refractivity contribution < 1.29 is 9.90 Å². The van der Waals surface area contributed by atoms with Crippen LogP contribution in [0.3, 0.4) is 0 Å². The lowest BCUT2D eigenvalue weighted by Crippen LogP contribution is -1.94. The minimum absolute atomic E-state index is 0.273. The molecule has 2 aromatic heterocycles. The maximum absolute atomic E-state index is 10.8. The number of hydrogen-bond acceptors (Lipinski definition) is 3. The summed E-state index contributed by atoms with van der Waals surface area (Å²) in [5.74, 6) is -0.927. The number of aromatic nitrogens is 3. The van der Waals surface area contributed by atoms with Crippen LogP contribution in [0.15, 0.2) is 42.9 Å². The van der Waals surface area contributed by atoms with E-state index in [2.05, 4.69) is 15.0 Å². The molecule has 88 valence electrons. The molecule has 0 aliphatic rings. The number of carboxylic acid groups (broad SMARTS) is 1. The van der Waals surface area contributed by atoms with Crippen LogP contribution >= 0.6 is 0 Å². The monoisotopic (exact) mass is 239 g/mol. The van der Waals surface area contributed by atoms with Crippen LogP contribution in [-0.4, -0.2) is 26.0 Å². The Balaban J connectivity index is 2.06. The Labute approximate surface area is 102 Å². The third-order valence-electron chi connectivity index (χ3n) is 2.74. The van der Waals surface area contributed by atoms with Gasteiger partial charge in [0.2, 0.25) is 0 Å². The molecular formula is C13H9N3O2. The highest BCUT2D eigenvalue weighted by atomic mass is 16.4. The SMILES string of the molecule is O=C(O)c1ccc(-c2cc3cncnc3[nH]2)cc1. The van der Waals surface area contributed by atoms with E-state index in [1.807, 2.05) is 6.07 Å². The molecule has 18 heavy (non-hydrogen) atoms. The summed E-state index contributed by atoms with van der Waals surface area (Å²) in [7, 11) is 0. The zero-order chi connectivity index (χ0) is 12.5. The molecule has 5 heteroatoms. The first-order valence-corrected chi connectivity index (χ1v) is 5.36. The minimum Gasteiger partial charge on any atom is -0.478 e. The lowest BCUT2D eigenvalue weighted by Gasteiger charge is -1.98. The summed E-state index contributed by atoms with van der Waals surface area (Å²) >= 11 is 0. The summed E-state index contributed by atoms with van der Waals surface area (Å²) in [6.07, 6.45) is 3.21. The molecule has 0 spiro atoms. The third-order valence-corrected chi connectivity index (χ3v) is 2.74. The lowest BCUT2D eigenvalue weighted by molar-refractivity contribution is 0.0697. The Bertz CT molecular complexity index is 683. The number of carbonyl (C=O) groups is 1. The highest BCUT2D eigenvalue weighted by molar-refractivity contribution is 5.89. The lowest BCUT2D eigenvalue weighted by atomic mass is 10.1. The van der Waals surface area contributed by atoms with Crippen molar-refractivity contribution in [2.24, 2.45) is 0 Å². The highest BCUT2D eigenvalue weighted by Crippen LogP contribution is 2.22. The van der Waals surface area contributed by atoms with E-state index in [9.17, 15) is 4.79 Å². The molecule has 0 radical (unpaired) electrons. The summed E-state index contributed by atoms with van der Waals surface area (Å²) in [6.45, 7) is 0. The summed E-state index contributed by atoms with van der Waals surface area (Å²) in [4.78, 5) is 22.0. The van der Waals surface area contributed by atoms with Crippen LogP contribution in [0, 0.1) is 0 Å². The average Bonchev–Trinajstić information content (AvgIpc) is 2.82. The molecule has 0 unspecified atom stereocenters. The van der Waals surface area contributed by atoms with E-state index in [0.29, 0.717) is 0 Å². The van der Waals surface area contributed by atoms with Crippen molar-refractivity contribution in [3.05, 3.63) is 48.4 Å². The number of nitrogens with zero attached hydrogens (tertiary/aromatic N) is 2. The van der Waals surface area contributed by atoms with Crippen LogP contribution in [0.1, 0.15) is 10.4 Å². The first kappa shape index (κ1) is 10.5. The quantitative estimate of drug-likeness (QED) is 0.719. The maximum atomic E-state index is 10.8. The van der Waals surface area contributed by atoms with E-state index >= 15 is 0 Å². The molecule has 0 atom stereocenters. The number of hydrogen-bond donors (Lipinski definition) is 2. The van der Waals surface area contributed by atoms with E-state index in [1.54, 1.807) is 30.5 Å². The van der Waals surface area contributed by atoms with Crippen LogP contribution < -0.4 is 0 Å². The molecule has 0 amide bonds. The van der Waals surface area contributed by atoms with E-state index in [0.717, 1.165) is 22.3 Å². The summed E-state index contributed by atoms with van der Waals surface area (Å²) in [5, 5.41) is 9.76. The number of aromatic amines is 1. The van der Waals surface area contributed by atoms with Gasteiger partial charge in [-0.25, -0.2) is 14.8 Å². The van der Waals surface area contributed by atoms with Crippen molar-refractivity contribution in [2.75, 3.05) is 0 Å². The zero-order valence-corrected chi connectivity index (χ0v) is 9.29.